The molecule has 0 fully saturated rings. The predicted octanol–water partition coefficient (Wildman–Crippen LogP) is 3.12. The Morgan fingerprint density at radius 1 is 1.17 bits per heavy atom. The standard InChI is InChI=1S/C19H23F3N2O5S/c1-24-17(25)13(16(19(20,21)22)23-18(24)30-4)9-12-5-6-14(15(10-12)27-3)29-11-28-8-7-26-2/h5-6,10H,7-9,11H2,1-4H3. The number of hydrogen-bond acceptors (Lipinski definition) is 7. The fraction of sp³-hybridized carbons (Fsp3) is 0.474. The summed E-state index contributed by atoms with van der Waals surface area (Å²) in [6.45, 7) is 0.719. The monoisotopic (exact) mass is 448 g/mol. The average Bonchev–Trinajstić information content (AvgIpc) is 2.71. The highest BCUT2D eigenvalue weighted by Crippen LogP contribution is 2.33. The van der Waals surface area contributed by atoms with Crippen LogP contribution in [0.25, 0.3) is 0 Å². The van der Waals surface area contributed by atoms with Crippen molar-refractivity contribution in [3.63, 3.8) is 0 Å². The maximum absolute atomic E-state index is 13.5. The van der Waals surface area contributed by atoms with E-state index in [1.54, 1.807) is 25.5 Å². The molecular weight excluding hydrogens is 425 g/mol. The molecule has 0 aliphatic carbocycles. The van der Waals surface area contributed by atoms with E-state index in [2.05, 4.69) is 4.98 Å². The van der Waals surface area contributed by atoms with Gasteiger partial charge in [0.2, 0.25) is 0 Å². The highest BCUT2D eigenvalue weighted by Gasteiger charge is 2.37. The number of methoxy groups -OCH3 is 2. The molecule has 0 spiro atoms. The molecule has 30 heavy (non-hydrogen) atoms. The fourth-order valence-corrected chi connectivity index (χ4v) is 3.20. The number of hydrogen-bond donors (Lipinski definition) is 0. The van der Waals surface area contributed by atoms with Crippen LogP contribution in [-0.2, 0) is 29.1 Å². The first kappa shape index (κ1) is 24.0. The van der Waals surface area contributed by atoms with E-state index >= 15 is 0 Å². The van der Waals surface area contributed by atoms with Crippen LogP contribution in [0.3, 0.4) is 0 Å². The van der Waals surface area contributed by atoms with Gasteiger partial charge >= 0.3 is 6.18 Å². The highest BCUT2D eigenvalue weighted by atomic mass is 32.2. The van der Waals surface area contributed by atoms with Crippen LogP contribution >= 0.6 is 11.8 Å². The van der Waals surface area contributed by atoms with Crippen molar-refractivity contribution in [2.24, 2.45) is 7.05 Å². The summed E-state index contributed by atoms with van der Waals surface area (Å²) in [4.78, 5) is 16.3. The number of halogens is 3. The van der Waals surface area contributed by atoms with E-state index < -0.39 is 23.0 Å². The maximum Gasteiger partial charge on any atom is 0.433 e. The van der Waals surface area contributed by atoms with Crippen molar-refractivity contribution >= 4 is 11.8 Å². The van der Waals surface area contributed by atoms with Crippen molar-refractivity contribution in [2.75, 3.05) is 40.5 Å². The third-order valence-electron chi connectivity index (χ3n) is 4.13. The van der Waals surface area contributed by atoms with Gasteiger partial charge in [0.1, 0.15) is 0 Å². The lowest BCUT2D eigenvalue weighted by atomic mass is 10.0. The Balaban J connectivity index is 2.32. The molecule has 0 bridgehead atoms. The van der Waals surface area contributed by atoms with Crippen LogP contribution in [0.1, 0.15) is 16.8 Å². The largest absolute Gasteiger partial charge is 0.493 e. The molecule has 2 aromatic rings. The second kappa shape index (κ2) is 10.7. The molecule has 0 N–H and O–H groups in total. The van der Waals surface area contributed by atoms with Crippen LogP contribution in [0.4, 0.5) is 13.2 Å². The van der Waals surface area contributed by atoms with Gasteiger partial charge in [0, 0.05) is 20.6 Å². The fourth-order valence-electron chi connectivity index (χ4n) is 2.66. The molecule has 0 amide bonds. The molecule has 2 rings (SSSR count). The SMILES string of the molecule is COCCOCOc1ccc(Cc2c(C(F)(F)F)nc(SC)n(C)c2=O)cc1OC. The Morgan fingerprint density at radius 3 is 2.50 bits per heavy atom. The van der Waals surface area contributed by atoms with Crippen molar-refractivity contribution in [2.45, 2.75) is 17.8 Å². The van der Waals surface area contributed by atoms with Crippen molar-refractivity contribution in [1.82, 2.24) is 9.55 Å². The summed E-state index contributed by atoms with van der Waals surface area (Å²) in [5.41, 5.74) is -1.91. The van der Waals surface area contributed by atoms with Gasteiger partial charge in [-0.1, -0.05) is 17.8 Å². The van der Waals surface area contributed by atoms with Gasteiger partial charge in [-0.2, -0.15) is 13.2 Å². The molecule has 0 aliphatic rings. The lowest BCUT2D eigenvalue weighted by Crippen LogP contribution is -2.29. The van der Waals surface area contributed by atoms with E-state index in [9.17, 15) is 18.0 Å². The Hall–Kier alpha value is -2.24. The summed E-state index contributed by atoms with van der Waals surface area (Å²) in [7, 11) is 4.35. The van der Waals surface area contributed by atoms with Crippen LogP contribution in [0, 0.1) is 0 Å². The van der Waals surface area contributed by atoms with Crippen LogP contribution in [0.15, 0.2) is 28.2 Å². The van der Waals surface area contributed by atoms with Gasteiger partial charge in [-0.05, 0) is 24.0 Å². The normalized spacial score (nSPS) is 11.6. The minimum Gasteiger partial charge on any atom is -0.493 e. The molecule has 1 aromatic heterocycles. The second-order valence-corrected chi connectivity index (χ2v) is 6.89. The first-order valence-corrected chi connectivity index (χ1v) is 10.0. The Bertz CT molecular complexity index is 918. The zero-order chi connectivity index (χ0) is 22.3. The zero-order valence-corrected chi connectivity index (χ0v) is 17.9. The summed E-state index contributed by atoms with van der Waals surface area (Å²) < 4.78 is 62.5. The second-order valence-electron chi connectivity index (χ2n) is 6.11. The molecule has 0 atom stereocenters. The van der Waals surface area contributed by atoms with Gasteiger partial charge in [-0.3, -0.25) is 9.36 Å². The van der Waals surface area contributed by atoms with Crippen LogP contribution in [0.2, 0.25) is 0 Å². The summed E-state index contributed by atoms with van der Waals surface area (Å²) in [5, 5.41) is -0.00845. The number of nitrogens with zero attached hydrogens (tertiary/aromatic N) is 2. The van der Waals surface area contributed by atoms with E-state index in [-0.39, 0.29) is 18.4 Å². The first-order valence-electron chi connectivity index (χ1n) is 8.80. The first-order chi connectivity index (χ1) is 14.2. The quantitative estimate of drug-likeness (QED) is 0.239. The molecule has 1 heterocycles. The minimum atomic E-state index is -4.75. The summed E-state index contributed by atoms with van der Waals surface area (Å²) in [5.74, 6) is 0.667. The highest BCUT2D eigenvalue weighted by molar-refractivity contribution is 7.98. The van der Waals surface area contributed by atoms with E-state index in [0.29, 0.717) is 30.3 Å². The van der Waals surface area contributed by atoms with E-state index in [1.807, 2.05) is 0 Å². The van der Waals surface area contributed by atoms with Gasteiger partial charge < -0.3 is 18.9 Å². The molecule has 0 radical (unpaired) electrons. The van der Waals surface area contributed by atoms with Crippen LogP contribution < -0.4 is 15.0 Å². The lowest BCUT2D eigenvalue weighted by Gasteiger charge is -2.16. The summed E-state index contributed by atoms with van der Waals surface area (Å²) in [6.07, 6.45) is -3.45. The van der Waals surface area contributed by atoms with Gasteiger partial charge in [0.05, 0.1) is 25.9 Å². The summed E-state index contributed by atoms with van der Waals surface area (Å²) >= 11 is 0.971. The topological polar surface area (TPSA) is 71.8 Å². The van der Waals surface area contributed by atoms with Gasteiger partial charge in [-0.15, -0.1) is 0 Å². The van der Waals surface area contributed by atoms with Crippen LogP contribution in [0.5, 0.6) is 11.5 Å². The Labute approximate surface area is 176 Å². The Kier molecular flexibility index (Phi) is 8.56. The Morgan fingerprint density at radius 2 is 1.90 bits per heavy atom. The number of benzene rings is 1. The average molecular weight is 448 g/mol. The predicted molar refractivity (Wildman–Crippen MR) is 105 cm³/mol. The van der Waals surface area contributed by atoms with Crippen molar-refractivity contribution in [1.29, 1.82) is 0 Å². The van der Waals surface area contributed by atoms with E-state index in [4.69, 9.17) is 18.9 Å². The molecule has 0 unspecified atom stereocenters. The molecule has 7 nitrogen and oxygen atoms in total. The molecule has 0 aliphatic heterocycles. The maximum atomic E-state index is 13.5. The molecule has 166 valence electrons. The molecular formula is C19H23F3N2O5S. The number of aromatic nitrogens is 2. The van der Waals surface area contributed by atoms with Gasteiger partial charge in [-0.25, -0.2) is 4.98 Å². The smallest absolute Gasteiger partial charge is 0.433 e. The van der Waals surface area contributed by atoms with Crippen molar-refractivity contribution in [3.05, 3.63) is 45.4 Å². The number of ether oxygens (including phenoxy) is 4. The molecule has 0 saturated carbocycles. The number of alkyl halides is 3. The van der Waals surface area contributed by atoms with Crippen molar-refractivity contribution in [3.8, 4) is 11.5 Å². The molecule has 0 saturated heterocycles. The third kappa shape index (κ3) is 5.89. The van der Waals surface area contributed by atoms with Crippen LogP contribution in [-0.4, -0.2) is 50.0 Å². The minimum absolute atomic E-state index is 0.00845. The molecule has 11 heteroatoms. The summed E-state index contributed by atoms with van der Waals surface area (Å²) in [6, 6.07) is 4.64. The zero-order valence-electron chi connectivity index (χ0n) is 17.0. The lowest BCUT2D eigenvalue weighted by molar-refractivity contribution is -0.142. The number of rotatable bonds is 10. The molecule has 1 aromatic carbocycles. The number of thioether (sulfide) groups is 1. The van der Waals surface area contributed by atoms with Crippen molar-refractivity contribution < 1.29 is 32.1 Å². The van der Waals surface area contributed by atoms with Gasteiger partial charge in [0.25, 0.3) is 5.56 Å². The van der Waals surface area contributed by atoms with Gasteiger partial charge in [0.15, 0.2) is 29.1 Å². The third-order valence-corrected chi connectivity index (χ3v) is 4.86. The van der Waals surface area contributed by atoms with E-state index in [1.165, 1.54) is 20.2 Å². The van der Waals surface area contributed by atoms with E-state index in [0.717, 1.165) is 16.3 Å².